The van der Waals surface area contributed by atoms with Crippen molar-refractivity contribution in [3.8, 4) is 0 Å². The van der Waals surface area contributed by atoms with Crippen molar-refractivity contribution in [2.45, 2.75) is 12.5 Å². The molecule has 2 heterocycles. The Kier molecular flexibility index (Phi) is 6.62. The molecule has 2 aliphatic heterocycles. The number of ether oxygens (including phenoxy) is 1. The first-order chi connectivity index (χ1) is 15.5. The average molecular weight is 442 g/mol. The van der Waals surface area contributed by atoms with Gasteiger partial charge in [0.2, 0.25) is 0 Å². The van der Waals surface area contributed by atoms with Crippen molar-refractivity contribution in [3.63, 3.8) is 0 Å². The molecule has 2 fully saturated rings. The number of benzene rings is 2. The molecule has 1 atom stereocenters. The zero-order valence-electron chi connectivity index (χ0n) is 17.5. The number of rotatable bonds is 6. The number of nitrogens with zero attached hydrogens (tertiary/aromatic N) is 2. The molecule has 2 aromatic rings. The van der Waals surface area contributed by atoms with E-state index in [2.05, 4.69) is 4.90 Å². The minimum atomic E-state index is -1.06. The lowest BCUT2D eigenvalue weighted by molar-refractivity contribution is -0.140. The highest BCUT2D eigenvalue weighted by Gasteiger charge is 2.46. The maximum Gasteiger partial charge on any atom is 0.295 e. The molecule has 0 spiro atoms. The molecule has 4 rings (SSSR count). The minimum Gasteiger partial charge on any atom is -0.507 e. The van der Waals surface area contributed by atoms with Gasteiger partial charge in [0.05, 0.1) is 24.8 Å². The molecule has 1 amide bonds. The Morgan fingerprint density at radius 1 is 1.00 bits per heavy atom. The van der Waals surface area contributed by atoms with E-state index in [1.54, 1.807) is 6.07 Å². The van der Waals surface area contributed by atoms with Crippen LogP contribution in [0.1, 0.15) is 23.6 Å². The summed E-state index contributed by atoms with van der Waals surface area (Å²) in [6, 6.07) is 9.74. The Labute approximate surface area is 184 Å². The summed E-state index contributed by atoms with van der Waals surface area (Å²) in [7, 11) is 0. The van der Waals surface area contributed by atoms with Gasteiger partial charge in [-0.25, -0.2) is 8.78 Å². The van der Waals surface area contributed by atoms with E-state index in [0.717, 1.165) is 25.2 Å². The Morgan fingerprint density at radius 2 is 1.69 bits per heavy atom. The number of hydrogen-bond acceptors (Lipinski definition) is 5. The monoisotopic (exact) mass is 442 g/mol. The van der Waals surface area contributed by atoms with Crippen LogP contribution in [0.5, 0.6) is 0 Å². The van der Waals surface area contributed by atoms with Crippen LogP contribution in [0.25, 0.3) is 5.76 Å². The second kappa shape index (κ2) is 9.58. The third kappa shape index (κ3) is 4.42. The number of carbonyl (C=O) groups excluding carboxylic acids is 2. The predicted molar refractivity (Wildman–Crippen MR) is 114 cm³/mol. The quantitative estimate of drug-likeness (QED) is 0.423. The van der Waals surface area contributed by atoms with E-state index >= 15 is 0 Å². The van der Waals surface area contributed by atoms with Gasteiger partial charge in [0.1, 0.15) is 17.4 Å². The SMILES string of the molecule is O=C1C(=O)N(CCCN2CCOCC2)C(c2ccccc2F)/C1=C(\O)c1ccc(F)cc1. The van der Waals surface area contributed by atoms with Gasteiger partial charge in [-0.3, -0.25) is 14.5 Å². The molecular weight excluding hydrogens is 418 g/mol. The van der Waals surface area contributed by atoms with Gasteiger partial charge in [-0.2, -0.15) is 0 Å². The van der Waals surface area contributed by atoms with Crippen molar-refractivity contribution in [2.75, 3.05) is 39.4 Å². The highest BCUT2D eigenvalue weighted by Crippen LogP contribution is 2.40. The number of amides is 1. The van der Waals surface area contributed by atoms with Gasteiger partial charge in [-0.15, -0.1) is 0 Å². The van der Waals surface area contributed by atoms with Gasteiger partial charge >= 0.3 is 0 Å². The van der Waals surface area contributed by atoms with E-state index in [0.29, 0.717) is 26.2 Å². The highest BCUT2D eigenvalue weighted by molar-refractivity contribution is 6.46. The van der Waals surface area contributed by atoms with E-state index in [9.17, 15) is 23.5 Å². The largest absolute Gasteiger partial charge is 0.507 e. The number of ketones is 1. The van der Waals surface area contributed by atoms with Crippen molar-refractivity contribution >= 4 is 17.4 Å². The molecule has 1 N–H and O–H groups in total. The van der Waals surface area contributed by atoms with Crippen molar-refractivity contribution < 1.29 is 28.2 Å². The molecule has 168 valence electrons. The van der Waals surface area contributed by atoms with Crippen LogP contribution >= 0.6 is 0 Å². The number of aliphatic hydroxyl groups is 1. The van der Waals surface area contributed by atoms with E-state index in [4.69, 9.17) is 4.74 Å². The molecule has 2 saturated heterocycles. The minimum absolute atomic E-state index is 0.127. The number of aliphatic hydroxyl groups excluding tert-OH is 1. The van der Waals surface area contributed by atoms with Crippen molar-refractivity contribution in [1.82, 2.24) is 9.80 Å². The number of hydrogen-bond donors (Lipinski definition) is 1. The van der Waals surface area contributed by atoms with Gasteiger partial charge in [0, 0.05) is 37.3 Å². The van der Waals surface area contributed by atoms with Crippen LogP contribution in [0, 0.1) is 11.6 Å². The lowest BCUT2D eigenvalue weighted by atomic mass is 9.95. The van der Waals surface area contributed by atoms with Crippen LogP contribution in [0.15, 0.2) is 54.1 Å². The van der Waals surface area contributed by atoms with E-state index in [1.165, 1.54) is 35.2 Å². The number of likely N-dealkylation sites (tertiary alicyclic amines) is 1. The molecule has 2 aliphatic rings. The summed E-state index contributed by atoms with van der Waals surface area (Å²) < 4.78 is 33.4. The zero-order valence-corrected chi connectivity index (χ0v) is 17.5. The fourth-order valence-corrected chi connectivity index (χ4v) is 4.18. The summed E-state index contributed by atoms with van der Waals surface area (Å²) in [4.78, 5) is 29.3. The third-order valence-electron chi connectivity index (χ3n) is 5.83. The molecule has 0 radical (unpaired) electrons. The van der Waals surface area contributed by atoms with Crippen LogP contribution in [0.2, 0.25) is 0 Å². The molecule has 2 aromatic carbocycles. The number of carbonyl (C=O) groups is 2. The molecule has 0 saturated carbocycles. The smallest absolute Gasteiger partial charge is 0.295 e. The fourth-order valence-electron chi connectivity index (χ4n) is 4.18. The predicted octanol–water partition coefficient (Wildman–Crippen LogP) is 3.11. The lowest BCUT2D eigenvalue weighted by Crippen LogP contribution is -2.39. The average Bonchev–Trinajstić information content (AvgIpc) is 3.05. The van der Waals surface area contributed by atoms with Crippen LogP contribution in [0.3, 0.4) is 0 Å². The molecular formula is C24H24F2N2O4. The van der Waals surface area contributed by atoms with Gasteiger partial charge in [-0.05, 0) is 36.8 Å². The summed E-state index contributed by atoms with van der Waals surface area (Å²) in [5, 5.41) is 10.9. The van der Waals surface area contributed by atoms with Crippen LogP contribution in [0.4, 0.5) is 8.78 Å². The molecule has 8 heteroatoms. The Balaban J connectivity index is 1.68. The standard InChI is InChI=1S/C24H24F2N2O4/c25-17-8-6-16(7-9-17)22(29)20-21(18-4-1-2-5-19(18)26)28(24(31)23(20)30)11-3-10-27-12-14-32-15-13-27/h1-2,4-9,21,29H,3,10-15H2/b22-20+. The van der Waals surface area contributed by atoms with Gasteiger partial charge in [0.15, 0.2) is 0 Å². The lowest BCUT2D eigenvalue weighted by Gasteiger charge is -2.29. The molecule has 32 heavy (non-hydrogen) atoms. The van der Waals surface area contributed by atoms with Crippen LogP contribution < -0.4 is 0 Å². The molecule has 0 aliphatic carbocycles. The second-order valence-corrected chi connectivity index (χ2v) is 7.83. The summed E-state index contributed by atoms with van der Waals surface area (Å²) >= 11 is 0. The van der Waals surface area contributed by atoms with Crippen molar-refractivity contribution in [1.29, 1.82) is 0 Å². The summed E-state index contributed by atoms with van der Waals surface area (Å²) in [6.45, 7) is 3.81. The molecule has 1 unspecified atom stereocenters. The third-order valence-corrected chi connectivity index (χ3v) is 5.83. The van der Waals surface area contributed by atoms with Crippen molar-refractivity contribution in [2.24, 2.45) is 0 Å². The maximum absolute atomic E-state index is 14.7. The van der Waals surface area contributed by atoms with Gasteiger partial charge < -0.3 is 14.7 Å². The van der Waals surface area contributed by atoms with Crippen molar-refractivity contribution in [3.05, 3.63) is 76.9 Å². The number of halogens is 2. The Morgan fingerprint density at radius 3 is 2.38 bits per heavy atom. The highest BCUT2D eigenvalue weighted by atomic mass is 19.1. The van der Waals surface area contributed by atoms with Gasteiger partial charge in [0.25, 0.3) is 11.7 Å². The molecule has 6 nitrogen and oxygen atoms in total. The van der Waals surface area contributed by atoms with E-state index < -0.39 is 35.1 Å². The number of morpholine rings is 1. The molecule has 0 bridgehead atoms. The first kappa shape index (κ1) is 22.1. The summed E-state index contributed by atoms with van der Waals surface area (Å²) in [6.07, 6.45) is 0.578. The normalized spacial score (nSPS) is 21.3. The Bertz CT molecular complexity index is 1030. The van der Waals surface area contributed by atoms with Crippen LogP contribution in [-0.2, 0) is 14.3 Å². The summed E-state index contributed by atoms with van der Waals surface area (Å²) in [5.74, 6) is -3.21. The number of Topliss-reactive ketones (excluding diaryl/α,β-unsaturated/α-hetero) is 1. The first-order valence-corrected chi connectivity index (χ1v) is 10.6. The first-order valence-electron chi connectivity index (χ1n) is 10.6. The second-order valence-electron chi connectivity index (χ2n) is 7.83. The fraction of sp³-hybridized carbons (Fsp3) is 0.333. The Hall–Kier alpha value is -3.10. The topological polar surface area (TPSA) is 70.1 Å². The van der Waals surface area contributed by atoms with Gasteiger partial charge in [-0.1, -0.05) is 18.2 Å². The van der Waals surface area contributed by atoms with E-state index in [1.807, 2.05) is 0 Å². The summed E-state index contributed by atoms with van der Waals surface area (Å²) in [5.41, 5.74) is 0.110. The zero-order chi connectivity index (χ0) is 22.7. The molecule has 0 aromatic heterocycles. The van der Waals surface area contributed by atoms with Crippen LogP contribution in [-0.4, -0.2) is 66.0 Å². The van der Waals surface area contributed by atoms with E-state index in [-0.39, 0.29) is 23.2 Å². The maximum atomic E-state index is 14.7.